The van der Waals surface area contributed by atoms with Gasteiger partial charge in [0.1, 0.15) is 11.9 Å². The van der Waals surface area contributed by atoms with Gasteiger partial charge in [-0.25, -0.2) is 0 Å². The monoisotopic (exact) mass is 435 g/mol. The Bertz CT molecular complexity index is 1050. The number of hydrogen-bond acceptors (Lipinski definition) is 6. The Morgan fingerprint density at radius 2 is 1.78 bits per heavy atom. The van der Waals surface area contributed by atoms with Crippen LogP contribution in [0.2, 0.25) is 0 Å². The minimum atomic E-state index is -0.0360. The van der Waals surface area contributed by atoms with E-state index in [4.69, 9.17) is 13.9 Å². The van der Waals surface area contributed by atoms with Crippen LogP contribution in [0.1, 0.15) is 36.2 Å². The topological polar surface area (TPSA) is 68.0 Å². The van der Waals surface area contributed by atoms with Gasteiger partial charge in [-0.15, -0.1) is 0 Å². The maximum absolute atomic E-state index is 13.0. The molecule has 4 heterocycles. The Morgan fingerprint density at radius 1 is 1.03 bits per heavy atom. The van der Waals surface area contributed by atoms with Crippen LogP contribution in [0.15, 0.2) is 53.2 Å². The molecule has 3 aromatic rings. The Hall–Kier alpha value is -3.06. The third-order valence-electron chi connectivity index (χ3n) is 6.64. The number of amides is 1. The van der Waals surface area contributed by atoms with Gasteiger partial charge in [0.2, 0.25) is 0 Å². The molecular formula is C25H29N3O4. The smallest absolute Gasteiger partial charge is 0.289 e. The SMILES string of the molecule is COc1cccc2cc(C(=O)N3CCC(N4CCC(Oc5ccncc5)CC4)CC3)oc12. The van der Waals surface area contributed by atoms with Gasteiger partial charge in [0.05, 0.1) is 7.11 Å². The number of ether oxygens (including phenoxy) is 2. The van der Waals surface area contributed by atoms with Gasteiger partial charge in [-0.2, -0.15) is 0 Å². The number of hydrogen-bond donors (Lipinski definition) is 0. The number of carbonyl (C=O) groups is 1. The van der Waals surface area contributed by atoms with Crippen molar-refractivity contribution in [3.8, 4) is 11.5 Å². The zero-order chi connectivity index (χ0) is 21.9. The van der Waals surface area contributed by atoms with Crippen molar-refractivity contribution < 1.29 is 18.7 Å². The molecule has 32 heavy (non-hydrogen) atoms. The zero-order valence-electron chi connectivity index (χ0n) is 18.4. The molecule has 0 atom stereocenters. The number of rotatable bonds is 5. The Kier molecular flexibility index (Phi) is 5.99. The zero-order valence-corrected chi connectivity index (χ0v) is 18.4. The van der Waals surface area contributed by atoms with Gasteiger partial charge in [-0.3, -0.25) is 14.7 Å². The maximum atomic E-state index is 13.0. The summed E-state index contributed by atoms with van der Waals surface area (Å²) in [5, 5.41) is 0.888. The minimum absolute atomic E-state index is 0.0360. The van der Waals surface area contributed by atoms with Gasteiger partial charge in [0.25, 0.3) is 5.91 Å². The summed E-state index contributed by atoms with van der Waals surface area (Å²) in [4.78, 5) is 21.6. The number of fused-ring (bicyclic) bond motifs is 1. The van der Waals surface area contributed by atoms with E-state index < -0.39 is 0 Å². The molecule has 1 amide bonds. The first-order valence-electron chi connectivity index (χ1n) is 11.4. The van der Waals surface area contributed by atoms with Gasteiger partial charge >= 0.3 is 0 Å². The van der Waals surface area contributed by atoms with Crippen LogP contribution in [0, 0.1) is 0 Å². The Morgan fingerprint density at radius 3 is 2.50 bits per heavy atom. The number of para-hydroxylation sites is 1. The van der Waals surface area contributed by atoms with Gasteiger partial charge < -0.3 is 18.8 Å². The second-order valence-electron chi connectivity index (χ2n) is 8.55. The number of methoxy groups -OCH3 is 1. The highest BCUT2D eigenvalue weighted by atomic mass is 16.5. The van der Waals surface area contributed by atoms with Crippen LogP contribution in [-0.2, 0) is 0 Å². The summed E-state index contributed by atoms with van der Waals surface area (Å²) >= 11 is 0. The number of piperidine rings is 2. The molecule has 1 aromatic carbocycles. The van der Waals surface area contributed by atoms with Crippen LogP contribution in [0.3, 0.4) is 0 Å². The summed E-state index contributed by atoms with van der Waals surface area (Å²) in [6.45, 7) is 3.59. The average Bonchev–Trinajstić information content (AvgIpc) is 3.29. The van der Waals surface area contributed by atoms with E-state index in [2.05, 4.69) is 9.88 Å². The van der Waals surface area contributed by atoms with Crippen molar-refractivity contribution in [2.75, 3.05) is 33.3 Å². The molecule has 2 aliphatic heterocycles. The number of likely N-dealkylation sites (tertiary alicyclic amines) is 2. The fourth-order valence-electron chi connectivity index (χ4n) is 4.86. The first-order chi connectivity index (χ1) is 15.7. The molecule has 0 radical (unpaired) electrons. The molecule has 2 aromatic heterocycles. The van der Waals surface area contributed by atoms with Crippen molar-refractivity contribution in [1.82, 2.24) is 14.8 Å². The summed E-state index contributed by atoms with van der Waals surface area (Å²) < 4.78 is 17.3. The fourth-order valence-corrected chi connectivity index (χ4v) is 4.86. The number of benzene rings is 1. The molecule has 7 heteroatoms. The standard InChI is InChI=1S/C25H29N3O4/c1-30-22-4-2-3-18-17-23(32-24(18)22)25(29)28-13-7-19(8-14-28)27-15-9-21(10-16-27)31-20-5-11-26-12-6-20/h2-6,11-12,17,19,21H,7-10,13-16H2,1H3. The molecule has 2 fully saturated rings. The normalized spacial score (nSPS) is 18.7. The lowest BCUT2D eigenvalue weighted by Gasteiger charge is -2.41. The lowest BCUT2D eigenvalue weighted by molar-refractivity contribution is 0.0412. The van der Waals surface area contributed by atoms with E-state index in [1.165, 1.54) is 0 Å². The van der Waals surface area contributed by atoms with E-state index in [0.29, 0.717) is 23.1 Å². The van der Waals surface area contributed by atoms with Crippen molar-refractivity contribution in [3.05, 3.63) is 54.6 Å². The van der Waals surface area contributed by atoms with E-state index in [1.54, 1.807) is 19.5 Å². The van der Waals surface area contributed by atoms with Crippen molar-refractivity contribution in [1.29, 1.82) is 0 Å². The highest BCUT2D eigenvalue weighted by Gasteiger charge is 2.31. The molecule has 2 aliphatic rings. The summed E-state index contributed by atoms with van der Waals surface area (Å²) in [6.07, 6.45) is 7.84. The molecule has 0 N–H and O–H groups in total. The van der Waals surface area contributed by atoms with E-state index in [-0.39, 0.29) is 12.0 Å². The molecule has 0 unspecified atom stereocenters. The number of pyridine rings is 1. The van der Waals surface area contributed by atoms with Gasteiger partial charge in [-0.05, 0) is 49.9 Å². The van der Waals surface area contributed by atoms with Crippen molar-refractivity contribution in [3.63, 3.8) is 0 Å². The fraction of sp³-hybridized carbons (Fsp3) is 0.440. The van der Waals surface area contributed by atoms with E-state index in [9.17, 15) is 4.79 Å². The molecule has 0 bridgehead atoms. The highest BCUT2D eigenvalue weighted by molar-refractivity contribution is 5.97. The third kappa shape index (κ3) is 4.30. The second-order valence-corrected chi connectivity index (χ2v) is 8.55. The minimum Gasteiger partial charge on any atom is -0.493 e. The third-order valence-corrected chi connectivity index (χ3v) is 6.64. The molecule has 2 saturated heterocycles. The molecule has 0 aliphatic carbocycles. The first-order valence-corrected chi connectivity index (χ1v) is 11.4. The van der Waals surface area contributed by atoms with Crippen LogP contribution in [0.25, 0.3) is 11.0 Å². The van der Waals surface area contributed by atoms with Crippen LogP contribution < -0.4 is 9.47 Å². The number of carbonyl (C=O) groups excluding carboxylic acids is 1. The molecular weight excluding hydrogens is 406 g/mol. The van der Waals surface area contributed by atoms with Crippen LogP contribution in [-0.4, -0.2) is 66.1 Å². The number of nitrogens with zero attached hydrogens (tertiary/aromatic N) is 3. The highest BCUT2D eigenvalue weighted by Crippen LogP contribution is 2.30. The van der Waals surface area contributed by atoms with Crippen LogP contribution in [0.4, 0.5) is 0 Å². The van der Waals surface area contributed by atoms with Crippen molar-refractivity contribution in [2.45, 2.75) is 37.8 Å². The van der Waals surface area contributed by atoms with Gasteiger partial charge in [0, 0.05) is 50.0 Å². The lowest BCUT2D eigenvalue weighted by Crippen LogP contribution is -2.50. The molecule has 0 saturated carbocycles. The van der Waals surface area contributed by atoms with Crippen LogP contribution >= 0.6 is 0 Å². The van der Waals surface area contributed by atoms with E-state index in [1.807, 2.05) is 41.3 Å². The van der Waals surface area contributed by atoms with Crippen molar-refractivity contribution >= 4 is 16.9 Å². The number of aromatic nitrogens is 1. The summed E-state index contributed by atoms with van der Waals surface area (Å²) in [5.41, 5.74) is 0.630. The predicted octanol–water partition coefficient (Wildman–Crippen LogP) is 3.98. The quantitative estimate of drug-likeness (QED) is 0.604. The van der Waals surface area contributed by atoms with Crippen molar-refractivity contribution in [2.24, 2.45) is 0 Å². The molecule has 7 nitrogen and oxygen atoms in total. The van der Waals surface area contributed by atoms with E-state index >= 15 is 0 Å². The van der Waals surface area contributed by atoms with Crippen LogP contribution in [0.5, 0.6) is 11.5 Å². The average molecular weight is 436 g/mol. The van der Waals surface area contributed by atoms with Gasteiger partial charge in [0.15, 0.2) is 17.1 Å². The molecule has 168 valence electrons. The Balaban J connectivity index is 1.13. The molecule has 0 spiro atoms. The molecule has 5 rings (SSSR count). The lowest BCUT2D eigenvalue weighted by atomic mass is 9.98. The predicted molar refractivity (Wildman–Crippen MR) is 121 cm³/mol. The second kappa shape index (κ2) is 9.20. The first kappa shape index (κ1) is 20.8. The maximum Gasteiger partial charge on any atom is 0.289 e. The summed E-state index contributed by atoms with van der Waals surface area (Å²) in [6, 6.07) is 11.9. The van der Waals surface area contributed by atoms with E-state index in [0.717, 1.165) is 63.0 Å². The Labute approximate surface area is 187 Å². The van der Waals surface area contributed by atoms with Gasteiger partial charge in [-0.1, -0.05) is 12.1 Å². The largest absolute Gasteiger partial charge is 0.493 e. The summed E-state index contributed by atoms with van der Waals surface area (Å²) in [5.74, 6) is 1.90. The number of furan rings is 1. The summed E-state index contributed by atoms with van der Waals surface area (Å²) in [7, 11) is 1.61.